The molecule has 2 heterocycles. The molecule has 2 saturated heterocycles. The van der Waals surface area contributed by atoms with E-state index in [1.807, 2.05) is 0 Å². The van der Waals surface area contributed by atoms with Gasteiger partial charge < -0.3 is 10.5 Å². The molecule has 0 aromatic rings. The Hall–Kier alpha value is -0.160. The smallest absolute Gasteiger partial charge is 0.114 e. The Kier molecular flexibility index (Phi) is 2.25. The van der Waals surface area contributed by atoms with Crippen LogP contribution < -0.4 is 10.5 Å². The first-order chi connectivity index (χ1) is 7.93. The van der Waals surface area contributed by atoms with Crippen molar-refractivity contribution in [3.05, 3.63) is 5.43 Å². The van der Waals surface area contributed by atoms with Crippen molar-refractivity contribution in [2.24, 2.45) is 0 Å². The Morgan fingerprint density at radius 2 is 1.81 bits per heavy atom. The van der Waals surface area contributed by atoms with Gasteiger partial charge in [-0.15, -0.1) is 0 Å². The third-order valence-electron chi connectivity index (χ3n) is 4.97. The Bertz CT molecular complexity index is 254. The molecule has 5 atom stereocenters. The van der Waals surface area contributed by atoms with Gasteiger partial charge in [0.05, 0.1) is 12.1 Å². The highest BCUT2D eigenvalue weighted by Gasteiger charge is 2.49. The number of fused-ring (bicyclic) bond motifs is 5. The van der Waals surface area contributed by atoms with Crippen LogP contribution in [-0.4, -0.2) is 29.3 Å². The third-order valence-corrected chi connectivity index (χ3v) is 4.97. The second-order valence-electron chi connectivity index (χ2n) is 5.90. The predicted octanol–water partition coefficient (Wildman–Crippen LogP) is 0.531. The van der Waals surface area contributed by atoms with Gasteiger partial charge in [-0.2, -0.15) is 0 Å². The van der Waals surface area contributed by atoms with Crippen molar-refractivity contribution in [2.75, 3.05) is 0 Å². The molecule has 0 radical (unpaired) electrons. The summed E-state index contributed by atoms with van der Waals surface area (Å²) in [5.41, 5.74) is 8.79. The molecule has 2 saturated carbocycles. The Morgan fingerprint density at radius 3 is 2.81 bits per heavy atom. The highest BCUT2D eigenvalue weighted by Crippen LogP contribution is 2.32. The zero-order chi connectivity index (χ0) is 10.5. The van der Waals surface area contributed by atoms with Gasteiger partial charge >= 0.3 is 0 Å². The highest BCUT2D eigenvalue weighted by atomic mass is 16.0. The van der Waals surface area contributed by atoms with E-state index in [1.54, 1.807) is 0 Å². The van der Waals surface area contributed by atoms with E-state index in [1.165, 1.54) is 56.5 Å². The fourth-order valence-corrected chi connectivity index (χ4v) is 4.15. The predicted molar refractivity (Wildman–Crippen MR) is 61.4 cm³/mol. The molecule has 4 fully saturated rings. The summed E-state index contributed by atoms with van der Waals surface area (Å²) in [6.45, 7) is 0. The molecule has 4 aliphatic rings. The van der Waals surface area contributed by atoms with Gasteiger partial charge in [0.15, 0.2) is 0 Å². The lowest BCUT2D eigenvalue weighted by molar-refractivity contribution is -0.986. The van der Waals surface area contributed by atoms with Crippen LogP contribution in [0.3, 0.4) is 0 Å². The lowest BCUT2D eigenvalue weighted by Crippen LogP contribution is -3.14. The summed E-state index contributed by atoms with van der Waals surface area (Å²) < 4.78 is 0. The lowest BCUT2D eigenvalue weighted by atomic mass is 9.90. The summed E-state index contributed by atoms with van der Waals surface area (Å²) in [5, 5.41) is 3.91. The second-order valence-corrected chi connectivity index (χ2v) is 5.90. The fraction of sp³-hybridized carbons (Fsp3) is 1.00. The number of rotatable bonds is 0. The zero-order valence-corrected chi connectivity index (χ0v) is 9.86. The normalized spacial score (nSPS) is 52.1. The van der Waals surface area contributed by atoms with E-state index in [0.29, 0.717) is 12.1 Å². The van der Waals surface area contributed by atoms with Gasteiger partial charge in [-0.3, -0.25) is 0 Å². The highest BCUT2D eigenvalue weighted by molar-refractivity contribution is 5.01. The molecular formula is C12H22N4. The summed E-state index contributed by atoms with van der Waals surface area (Å²) in [5.74, 6) is 0. The Balaban J connectivity index is 1.57. The van der Waals surface area contributed by atoms with Gasteiger partial charge in [-0.05, 0) is 19.3 Å². The minimum absolute atomic E-state index is 0.624. The third kappa shape index (κ3) is 1.30. The number of nitrogens with zero attached hydrogens (tertiary/aromatic N) is 2. The molecule has 0 aromatic carbocycles. The Morgan fingerprint density at radius 1 is 1.00 bits per heavy atom. The molecule has 2 aliphatic carbocycles. The van der Waals surface area contributed by atoms with Crippen molar-refractivity contribution in [2.45, 2.75) is 75.5 Å². The number of nitrogens with one attached hydrogen (secondary N) is 2. The average molecular weight is 222 g/mol. The van der Waals surface area contributed by atoms with Crippen LogP contribution in [0.1, 0.15) is 51.4 Å². The molecule has 2 aliphatic heterocycles. The van der Waals surface area contributed by atoms with Crippen LogP contribution in [0.4, 0.5) is 0 Å². The van der Waals surface area contributed by atoms with E-state index in [9.17, 15) is 0 Å². The molecule has 0 aromatic heterocycles. The van der Waals surface area contributed by atoms with Crippen molar-refractivity contribution in [1.29, 1.82) is 0 Å². The van der Waals surface area contributed by atoms with E-state index >= 15 is 0 Å². The van der Waals surface area contributed by atoms with Gasteiger partial charge in [0.25, 0.3) is 0 Å². The molecule has 5 unspecified atom stereocenters. The molecule has 90 valence electrons. The van der Waals surface area contributed by atoms with Gasteiger partial charge in [0.1, 0.15) is 6.04 Å². The first kappa shape index (κ1) is 9.83. The quantitative estimate of drug-likeness (QED) is 0.627. The van der Waals surface area contributed by atoms with Crippen LogP contribution in [0.2, 0.25) is 0 Å². The molecule has 0 amide bonds. The maximum Gasteiger partial charge on any atom is 0.114 e. The van der Waals surface area contributed by atoms with Crippen LogP contribution in [0.5, 0.6) is 0 Å². The van der Waals surface area contributed by atoms with Crippen LogP contribution in [0.15, 0.2) is 0 Å². The SMILES string of the molecule is C1CCC2C(C1)[N-][NH+]1C3CCCCC3NN21. The second kappa shape index (κ2) is 3.67. The maximum atomic E-state index is 5.04. The Labute approximate surface area is 97.3 Å². The minimum Gasteiger partial charge on any atom is -0.427 e. The molecular weight excluding hydrogens is 200 g/mol. The van der Waals surface area contributed by atoms with E-state index < -0.39 is 0 Å². The molecule has 0 bridgehead atoms. The lowest BCUT2D eigenvalue weighted by Gasteiger charge is -2.33. The molecule has 4 rings (SSSR count). The van der Waals surface area contributed by atoms with Gasteiger partial charge in [-0.1, -0.05) is 36.8 Å². The van der Waals surface area contributed by atoms with Crippen molar-refractivity contribution in [3.63, 3.8) is 0 Å². The molecule has 2 N–H and O–H groups in total. The molecule has 4 nitrogen and oxygen atoms in total. The largest absolute Gasteiger partial charge is 0.427 e. The van der Waals surface area contributed by atoms with Crippen LogP contribution in [-0.2, 0) is 0 Å². The van der Waals surface area contributed by atoms with Crippen LogP contribution in [0.25, 0.3) is 5.43 Å². The average Bonchev–Trinajstić information content (AvgIpc) is 2.85. The van der Waals surface area contributed by atoms with Gasteiger partial charge in [0, 0.05) is 6.42 Å². The summed E-state index contributed by atoms with van der Waals surface area (Å²) >= 11 is 0. The summed E-state index contributed by atoms with van der Waals surface area (Å²) in [7, 11) is 0. The standard InChI is InChI=1S/C12H22N4/c1-3-7-11-9(5-1)13-16-12-8-4-2-6-10(12)14-15(11)16/h9-13,15H,1-8H2. The first-order valence-corrected chi connectivity index (χ1v) is 7.06. The van der Waals surface area contributed by atoms with Crippen LogP contribution >= 0.6 is 0 Å². The molecule has 0 spiro atoms. The van der Waals surface area contributed by atoms with Crippen molar-refractivity contribution < 1.29 is 5.12 Å². The summed E-state index contributed by atoms with van der Waals surface area (Å²) in [4.78, 5) is 0. The summed E-state index contributed by atoms with van der Waals surface area (Å²) in [6.07, 6.45) is 11.0. The molecule has 4 heteroatoms. The van der Waals surface area contributed by atoms with Gasteiger partial charge in [-0.25, -0.2) is 5.43 Å². The number of hydrogen-bond acceptors (Lipinski definition) is 2. The van der Waals surface area contributed by atoms with Gasteiger partial charge in [0.2, 0.25) is 0 Å². The number of hydrogen-bond donors (Lipinski definition) is 2. The van der Waals surface area contributed by atoms with Crippen molar-refractivity contribution in [1.82, 2.24) is 10.5 Å². The van der Waals surface area contributed by atoms with E-state index in [0.717, 1.165) is 12.1 Å². The van der Waals surface area contributed by atoms with Crippen LogP contribution in [0, 0.1) is 0 Å². The topological polar surface area (TPSA) is 33.8 Å². The fourth-order valence-electron chi connectivity index (χ4n) is 4.15. The van der Waals surface area contributed by atoms with Crippen molar-refractivity contribution in [3.8, 4) is 0 Å². The molecule has 16 heavy (non-hydrogen) atoms. The van der Waals surface area contributed by atoms with E-state index in [2.05, 4.69) is 10.5 Å². The monoisotopic (exact) mass is 222 g/mol. The summed E-state index contributed by atoms with van der Waals surface area (Å²) in [6, 6.07) is 2.79. The van der Waals surface area contributed by atoms with Crippen molar-refractivity contribution >= 4 is 0 Å². The maximum absolute atomic E-state index is 5.04. The first-order valence-electron chi connectivity index (χ1n) is 7.06. The zero-order valence-electron chi connectivity index (χ0n) is 9.86. The van der Waals surface area contributed by atoms with E-state index in [4.69, 9.17) is 5.43 Å². The number of hydrazine groups is 1. The number of quaternary nitrogens is 1. The van der Waals surface area contributed by atoms with E-state index in [-0.39, 0.29) is 0 Å². The minimum atomic E-state index is 0.624.